The quantitative estimate of drug-likeness (QED) is 0.876. The summed E-state index contributed by atoms with van der Waals surface area (Å²) in [6.45, 7) is 2.33. The maximum Gasteiger partial charge on any atom is 0.229 e. The number of hydrogen-bond acceptors (Lipinski definition) is 6. The van der Waals surface area contributed by atoms with E-state index in [-0.39, 0.29) is 5.95 Å². The average molecular weight is 269 g/mol. The normalized spacial score (nSPS) is 16.5. The molecule has 0 aliphatic carbocycles. The molecule has 0 amide bonds. The summed E-state index contributed by atoms with van der Waals surface area (Å²) in [6.07, 6.45) is 3.00. The predicted molar refractivity (Wildman–Crippen MR) is 72.4 cm³/mol. The van der Waals surface area contributed by atoms with Crippen molar-refractivity contribution in [3.63, 3.8) is 0 Å². The van der Waals surface area contributed by atoms with Crippen LogP contribution in [0.5, 0.6) is 0 Å². The molecule has 1 aromatic rings. The molecular formula is C11H17ClN6. The Morgan fingerprint density at radius 1 is 1.39 bits per heavy atom. The van der Waals surface area contributed by atoms with Crippen LogP contribution >= 0.6 is 11.6 Å². The van der Waals surface area contributed by atoms with Gasteiger partial charge in [-0.15, -0.1) is 0 Å². The molecule has 2 heterocycles. The first-order valence-corrected chi connectivity index (χ1v) is 6.17. The average Bonchev–Trinajstić information content (AvgIpc) is 2.28. The van der Waals surface area contributed by atoms with E-state index in [0.29, 0.717) is 18.3 Å². The largest absolute Gasteiger partial charge is 0.368 e. The smallest absolute Gasteiger partial charge is 0.229 e. The Labute approximate surface area is 111 Å². The molecule has 1 aromatic heterocycles. The molecule has 0 bridgehead atoms. The van der Waals surface area contributed by atoms with Gasteiger partial charge in [-0.3, -0.25) is 4.90 Å². The lowest BCUT2D eigenvalue weighted by molar-refractivity contribution is 0.280. The number of nitrogens with zero attached hydrogens (tertiary/aromatic N) is 5. The second kappa shape index (κ2) is 5.49. The lowest BCUT2D eigenvalue weighted by atomic mass is 10.2. The first kappa shape index (κ1) is 13.0. The van der Waals surface area contributed by atoms with Crippen molar-refractivity contribution in [3.05, 3.63) is 16.9 Å². The van der Waals surface area contributed by atoms with E-state index in [1.165, 1.54) is 0 Å². The van der Waals surface area contributed by atoms with Gasteiger partial charge in [0.05, 0.1) is 6.54 Å². The summed E-state index contributed by atoms with van der Waals surface area (Å²) in [4.78, 5) is 16.6. The zero-order chi connectivity index (χ0) is 13.1. The Morgan fingerprint density at radius 2 is 2.17 bits per heavy atom. The standard InChI is InChI=1S/C11H17ClN6/c1-17(2)11-15-9(14-10(13)16-11)7-18-5-3-4-8(12)6-18/h4H,3,5-7H2,1-2H3,(H2,13,14,15,16). The summed E-state index contributed by atoms with van der Waals surface area (Å²) in [5.74, 6) is 1.51. The molecule has 18 heavy (non-hydrogen) atoms. The van der Waals surface area contributed by atoms with E-state index in [9.17, 15) is 0 Å². The van der Waals surface area contributed by atoms with E-state index < -0.39 is 0 Å². The topological polar surface area (TPSA) is 71.2 Å². The molecule has 0 fully saturated rings. The molecule has 0 spiro atoms. The molecule has 0 radical (unpaired) electrons. The van der Waals surface area contributed by atoms with Crippen molar-refractivity contribution in [1.29, 1.82) is 0 Å². The van der Waals surface area contributed by atoms with Gasteiger partial charge < -0.3 is 10.6 Å². The van der Waals surface area contributed by atoms with Gasteiger partial charge in [-0.25, -0.2) is 0 Å². The minimum atomic E-state index is 0.252. The maximum absolute atomic E-state index is 6.02. The molecular weight excluding hydrogens is 252 g/mol. The molecule has 0 unspecified atom stereocenters. The Bertz CT molecular complexity index is 459. The molecule has 6 nitrogen and oxygen atoms in total. The molecule has 0 aromatic carbocycles. The molecule has 1 aliphatic heterocycles. The fraction of sp³-hybridized carbons (Fsp3) is 0.545. The lowest BCUT2D eigenvalue weighted by Crippen LogP contribution is -2.29. The van der Waals surface area contributed by atoms with Crippen LogP contribution < -0.4 is 10.6 Å². The fourth-order valence-electron chi connectivity index (χ4n) is 1.79. The highest BCUT2D eigenvalue weighted by molar-refractivity contribution is 6.29. The first-order chi connectivity index (χ1) is 8.54. The Balaban J connectivity index is 2.11. The van der Waals surface area contributed by atoms with Gasteiger partial charge in [-0.2, -0.15) is 15.0 Å². The van der Waals surface area contributed by atoms with Crippen LogP contribution in [0.25, 0.3) is 0 Å². The van der Waals surface area contributed by atoms with Crippen molar-refractivity contribution in [2.45, 2.75) is 13.0 Å². The summed E-state index contributed by atoms with van der Waals surface area (Å²) >= 11 is 6.02. The summed E-state index contributed by atoms with van der Waals surface area (Å²) in [5.41, 5.74) is 5.68. The van der Waals surface area contributed by atoms with Gasteiger partial charge in [0.1, 0.15) is 5.82 Å². The van der Waals surface area contributed by atoms with Gasteiger partial charge in [0.25, 0.3) is 0 Å². The SMILES string of the molecule is CN(C)c1nc(N)nc(CN2CCC=C(Cl)C2)n1. The number of nitrogens with two attached hydrogens (primary N) is 1. The molecule has 0 atom stereocenters. The maximum atomic E-state index is 6.02. The summed E-state index contributed by atoms with van der Waals surface area (Å²) in [6, 6.07) is 0. The van der Waals surface area contributed by atoms with E-state index >= 15 is 0 Å². The fourth-order valence-corrected chi connectivity index (χ4v) is 2.07. The van der Waals surface area contributed by atoms with Gasteiger partial charge >= 0.3 is 0 Å². The number of aromatic nitrogens is 3. The third-order valence-electron chi connectivity index (χ3n) is 2.64. The molecule has 2 N–H and O–H groups in total. The number of rotatable bonds is 3. The van der Waals surface area contributed by atoms with Crippen LogP contribution in [0.2, 0.25) is 0 Å². The van der Waals surface area contributed by atoms with Crippen LogP contribution in [0.4, 0.5) is 11.9 Å². The van der Waals surface area contributed by atoms with Crippen molar-refractivity contribution >= 4 is 23.5 Å². The molecule has 1 aliphatic rings. The Hall–Kier alpha value is -1.40. The van der Waals surface area contributed by atoms with E-state index in [1.807, 2.05) is 25.1 Å². The minimum Gasteiger partial charge on any atom is -0.368 e. The summed E-state index contributed by atoms with van der Waals surface area (Å²) in [7, 11) is 3.75. The second-order valence-corrected chi connectivity index (χ2v) is 4.94. The van der Waals surface area contributed by atoms with Crippen LogP contribution in [-0.4, -0.2) is 47.0 Å². The van der Waals surface area contributed by atoms with Gasteiger partial charge in [0, 0.05) is 32.2 Å². The lowest BCUT2D eigenvalue weighted by Gasteiger charge is -2.24. The van der Waals surface area contributed by atoms with E-state index in [0.717, 1.165) is 24.5 Å². The zero-order valence-electron chi connectivity index (χ0n) is 10.6. The summed E-state index contributed by atoms with van der Waals surface area (Å²) < 4.78 is 0. The van der Waals surface area contributed by atoms with Crippen molar-refractivity contribution in [2.24, 2.45) is 0 Å². The van der Waals surface area contributed by atoms with Gasteiger partial charge in [0.15, 0.2) is 0 Å². The molecule has 7 heteroatoms. The van der Waals surface area contributed by atoms with Gasteiger partial charge in [0.2, 0.25) is 11.9 Å². The predicted octanol–water partition coefficient (Wildman–Crippen LogP) is 0.848. The van der Waals surface area contributed by atoms with Crippen molar-refractivity contribution < 1.29 is 0 Å². The van der Waals surface area contributed by atoms with Crippen LogP contribution in [0.15, 0.2) is 11.1 Å². The first-order valence-electron chi connectivity index (χ1n) is 5.79. The van der Waals surface area contributed by atoms with E-state index in [1.54, 1.807) is 0 Å². The monoisotopic (exact) mass is 268 g/mol. The number of nitrogen functional groups attached to an aromatic ring is 1. The highest BCUT2D eigenvalue weighted by atomic mass is 35.5. The van der Waals surface area contributed by atoms with Crippen molar-refractivity contribution in [3.8, 4) is 0 Å². The zero-order valence-corrected chi connectivity index (χ0v) is 11.4. The number of anilines is 2. The van der Waals surface area contributed by atoms with Crippen molar-refractivity contribution in [1.82, 2.24) is 19.9 Å². The van der Waals surface area contributed by atoms with Crippen molar-refractivity contribution in [2.75, 3.05) is 37.8 Å². The highest BCUT2D eigenvalue weighted by Gasteiger charge is 2.14. The molecule has 0 saturated heterocycles. The van der Waals surface area contributed by atoms with Crippen LogP contribution in [0, 0.1) is 0 Å². The molecule has 98 valence electrons. The van der Waals surface area contributed by atoms with Crippen LogP contribution in [0.3, 0.4) is 0 Å². The minimum absolute atomic E-state index is 0.252. The Kier molecular flexibility index (Phi) is 3.98. The second-order valence-electron chi connectivity index (χ2n) is 4.45. The number of halogens is 1. The van der Waals surface area contributed by atoms with Gasteiger partial charge in [-0.05, 0) is 6.42 Å². The van der Waals surface area contributed by atoms with Crippen LogP contribution in [0.1, 0.15) is 12.2 Å². The third kappa shape index (κ3) is 3.30. The van der Waals surface area contributed by atoms with Gasteiger partial charge in [-0.1, -0.05) is 17.7 Å². The van der Waals surface area contributed by atoms with E-state index in [4.69, 9.17) is 17.3 Å². The van der Waals surface area contributed by atoms with E-state index in [2.05, 4.69) is 19.9 Å². The van der Waals surface area contributed by atoms with Crippen LogP contribution in [-0.2, 0) is 6.54 Å². The third-order valence-corrected chi connectivity index (χ3v) is 2.91. The highest BCUT2D eigenvalue weighted by Crippen LogP contribution is 2.15. The summed E-state index contributed by atoms with van der Waals surface area (Å²) in [5, 5.41) is 0.871. The molecule has 2 rings (SSSR count). The number of hydrogen-bond donors (Lipinski definition) is 1. The molecule has 0 saturated carbocycles. The Morgan fingerprint density at radius 3 is 2.83 bits per heavy atom.